The normalized spacial score (nSPS) is 16.9. The summed E-state index contributed by atoms with van der Waals surface area (Å²) in [4.78, 5) is 66.5. The second-order valence-electron chi connectivity index (χ2n) is 16.2. The number of imidazole rings is 1. The maximum Gasteiger partial charge on any atom is 0.258 e. The number of carbonyl (C=O) groups is 4. The van der Waals surface area contributed by atoms with Crippen LogP contribution < -0.4 is 26.0 Å². The minimum Gasteiger partial charge on any atom is -0.483 e. The van der Waals surface area contributed by atoms with E-state index in [2.05, 4.69) is 36.2 Å². The number of pyridine rings is 1. The van der Waals surface area contributed by atoms with Crippen molar-refractivity contribution in [2.24, 2.45) is 23.7 Å². The summed E-state index contributed by atoms with van der Waals surface area (Å²) in [6, 6.07) is 15.7. The van der Waals surface area contributed by atoms with E-state index in [0.717, 1.165) is 42.9 Å². The Hall–Kier alpha value is -5.34. The zero-order chi connectivity index (χ0) is 42.3. The first-order chi connectivity index (χ1) is 28.4. The predicted molar refractivity (Wildman–Crippen MR) is 225 cm³/mol. The maximum absolute atomic E-state index is 14.2. The molecule has 2 aromatic carbocycles. The summed E-state index contributed by atoms with van der Waals surface area (Å²) >= 11 is 0. The molecule has 14 heteroatoms. The second kappa shape index (κ2) is 22.1. The van der Waals surface area contributed by atoms with E-state index in [4.69, 9.17) is 4.74 Å². The van der Waals surface area contributed by atoms with E-state index in [-0.39, 0.29) is 37.3 Å². The number of hydrogen-bond acceptors (Lipinski definition) is 9. The van der Waals surface area contributed by atoms with Crippen LogP contribution in [-0.4, -0.2) is 85.7 Å². The number of aromatic amines is 1. The predicted octanol–water partition coefficient (Wildman–Crippen LogP) is 4.36. The number of fused-ring (bicyclic) bond motifs is 1. The second-order valence-corrected chi connectivity index (χ2v) is 16.2. The molecule has 1 fully saturated rings. The summed E-state index contributed by atoms with van der Waals surface area (Å²) in [7, 11) is 0. The molecule has 7 N–H and O–H groups in total. The number of carbonyl (C=O) groups excluding carboxylic acids is 4. The number of benzene rings is 2. The number of hydrogen-bond donors (Lipinski definition) is 7. The van der Waals surface area contributed by atoms with Gasteiger partial charge in [-0.15, -0.1) is 0 Å². The molecule has 0 radical (unpaired) electrons. The number of nitrogens with one attached hydrogen (secondary N) is 5. The molecule has 1 saturated carbocycles. The Balaban J connectivity index is 1.32. The monoisotopic (exact) mass is 811 g/mol. The van der Waals surface area contributed by atoms with Gasteiger partial charge < -0.3 is 41.2 Å². The van der Waals surface area contributed by atoms with Crippen molar-refractivity contribution < 1.29 is 34.1 Å². The first kappa shape index (κ1) is 44.8. The van der Waals surface area contributed by atoms with Crippen molar-refractivity contribution in [3.8, 4) is 5.75 Å². The molecule has 7 atom stereocenters. The van der Waals surface area contributed by atoms with E-state index >= 15 is 0 Å². The third-order valence-electron chi connectivity index (χ3n) is 11.5. The fourth-order valence-electron chi connectivity index (χ4n) is 7.92. The minimum atomic E-state index is -1.60. The molecule has 318 valence electrons. The number of aliphatic hydroxyl groups is 2. The van der Waals surface area contributed by atoms with Gasteiger partial charge in [0.2, 0.25) is 17.7 Å². The van der Waals surface area contributed by atoms with E-state index in [0.29, 0.717) is 30.0 Å². The van der Waals surface area contributed by atoms with E-state index in [1.54, 1.807) is 44.4 Å². The van der Waals surface area contributed by atoms with Crippen molar-refractivity contribution >= 4 is 34.4 Å². The van der Waals surface area contributed by atoms with Gasteiger partial charge in [0.25, 0.3) is 5.91 Å². The summed E-state index contributed by atoms with van der Waals surface area (Å²) < 4.78 is 5.91. The fraction of sp³-hybridized carbons (Fsp3) is 0.511. The van der Waals surface area contributed by atoms with Gasteiger partial charge in [-0.25, -0.2) is 4.98 Å². The Morgan fingerprint density at radius 1 is 0.864 bits per heavy atom. The Bertz CT molecular complexity index is 1930. The van der Waals surface area contributed by atoms with Crippen molar-refractivity contribution in [1.29, 1.82) is 0 Å². The number of H-pyrrole nitrogens is 1. The van der Waals surface area contributed by atoms with Crippen LogP contribution in [0.2, 0.25) is 0 Å². The molecule has 5 rings (SSSR count). The van der Waals surface area contributed by atoms with Crippen LogP contribution >= 0.6 is 0 Å². The Morgan fingerprint density at radius 2 is 1.61 bits per heavy atom. The van der Waals surface area contributed by atoms with Crippen molar-refractivity contribution in [2.75, 3.05) is 6.61 Å². The van der Waals surface area contributed by atoms with Crippen LogP contribution in [0.25, 0.3) is 10.8 Å². The molecule has 0 saturated heterocycles. The summed E-state index contributed by atoms with van der Waals surface area (Å²) in [5.41, 5.74) is 1.27. The van der Waals surface area contributed by atoms with Gasteiger partial charge in [0, 0.05) is 29.9 Å². The maximum atomic E-state index is 14.2. The van der Waals surface area contributed by atoms with E-state index in [1.807, 2.05) is 56.3 Å². The zero-order valence-corrected chi connectivity index (χ0v) is 34.6. The number of nitrogens with zero attached hydrogens (tertiary/aromatic N) is 2. The van der Waals surface area contributed by atoms with Gasteiger partial charge in [-0.1, -0.05) is 109 Å². The third kappa shape index (κ3) is 12.8. The van der Waals surface area contributed by atoms with Crippen molar-refractivity contribution in [3.63, 3.8) is 0 Å². The van der Waals surface area contributed by atoms with Gasteiger partial charge >= 0.3 is 0 Å². The summed E-state index contributed by atoms with van der Waals surface area (Å²) in [5, 5.41) is 37.2. The molecule has 4 amide bonds. The van der Waals surface area contributed by atoms with Crippen LogP contribution in [0.1, 0.15) is 84.0 Å². The highest BCUT2D eigenvalue weighted by Gasteiger charge is 2.41. The summed E-state index contributed by atoms with van der Waals surface area (Å²) in [5.74, 6) is -3.19. The number of aromatic nitrogens is 3. The molecule has 2 unspecified atom stereocenters. The lowest BCUT2D eigenvalue weighted by molar-refractivity contribution is -0.141. The molecule has 14 nitrogen and oxygen atoms in total. The molecular weight excluding hydrogens is 751 g/mol. The lowest BCUT2D eigenvalue weighted by Crippen LogP contribution is -2.59. The molecule has 0 spiro atoms. The van der Waals surface area contributed by atoms with Crippen molar-refractivity contribution in [2.45, 2.75) is 116 Å². The first-order valence-corrected chi connectivity index (χ1v) is 21.0. The Kier molecular flexibility index (Phi) is 16.8. The topological polar surface area (TPSA) is 208 Å². The van der Waals surface area contributed by atoms with Crippen molar-refractivity contribution in [3.05, 3.63) is 90.8 Å². The smallest absolute Gasteiger partial charge is 0.258 e. The van der Waals surface area contributed by atoms with Crippen LogP contribution in [0, 0.1) is 23.7 Å². The quantitative estimate of drug-likeness (QED) is 0.0637. The molecule has 1 aliphatic rings. The average molecular weight is 812 g/mol. The van der Waals surface area contributed by atoms with Crippen molar-refractivity contribution in [1.82, 2.24) is 36.2 Å². The zero-order valence-electron chi connectivity index (χ0n) is 34.6. The third-order valence-corrected chi connectivity index (χ3v) is 11.5. The molecule has 2 aromatic heterocycles. The molecule has 0 aliphatic heterocycles. The summed E-state index contributed by atoms with van der Waals surface area (Å²) in [6.45, 7) is 7.16. The highest BCUT2D eigenvalue weighted by atomic mass is 16.5. The number of amides is 4. The highest BCUT2D eigenvalue weighted by molar-refractivity contribution is 5.91. The number of ether oxygens (including phenoxy) is 1. The van der Waals surface area contributed by atoms with Crippen LogP contribution in [0.15, 0.2) is 79.4 Å². The molecule has 2 heterocycles. The van der Waals surface area contributed by atoms with E-state index < -0.39 is 59.9 Å². The van der Waals surface area contributed by atoms with Gasteiger partial charge in [0.05, 0.1) is 36.6 Å². The van der Waals surface area contributed by atoms with Crippen LogP contribution in [0.4, 0.5) is 0 Å². The van der Waals surface area contributed by atoms with Gasteiger partial charge in [0.15, 0.2) is 6.61 Å². The van der Waals surface area contributed by atoms with E-state index in [9.17, 15) is 29.4 Å². The number of aliphatic hydroxyl groups excluding tert-OH is 2. The van der Waals surface area contributed by atoms with Gasteiger partial charge in [-0.05, 0) is 47.8 Å². The standard InChI is InChI=1S/C45H61N7O7/c1-5-29(4)40(45(58)48-25-32-18-11-12-21-47-32)52-44(57)39(28(2)3)42(55)41(54)35(22-30-14-7-6-8-15-30)51-43(56)36(23-33-24-46-27-49-33)50-38(53)26-59-37-20-13-17-31-16-9-10-19-34(31)37/h9-13,16-21,24,27-30,35-36,39-42,54-55H,5-8,14-15,22-23,25-26H2,1-4H3,(H,46,49)(H,48,58)(H,50,53)(H,51,56)(H,52,57)/t29-,35-,36-,39-,40-,41?,42?/m0/s1. The van der Waals surface area contributed by atoms with Crippen LogP contribution in [0.3, 0.4) is 0 Å². The Labute approximate surface area is 346 Å². The molecule has 59 heavy (non-hydrogen) atoms. The Morgan fingerprint density at radius 3 is 2.31 bits per heavy atom. The molecule has 4 aromatic rings. The van der Waals surface area contributed by atoms with Crippen LogP contribution in [0.5, 0.6) is 5.75 Å². The molecule has 1 aliphatic carbocycles. The number of rotatable bonds is 21. The summed E-state index contributed by atoms with van der Waals surface area (Å²) in [6.07, 6.45) is 7.45. The highest BCUT2D eigenvalue weighted by Crippen LogP contribution is 2.30. The molecule has 0 bridgehead atoms. The SMILES string of the molecule is CC[C@H](C)[C@H](NC(=O)[C@@H](C(C)C)C(O)C(O)[C@H](CC1CCCCC1)NC(=O)[C@H](Cc1cnc[nH]1)NC(=O)COc1cccc2ccccc12)C(=O)NCc1ccccn1. The minimum absolute atomic E-state index is 0.0665. The first-order valence-electron chi connectivity index (χ1n) is 21.0. The van der Waals surface area contributed by atoms with Gasteiger partial charge in [-0.3, -0.25) is 24.2 Å². The average Bonchev–Trinajstić information content (AvgIpc) is 3.76. The lowest BCUT2D eigenvalue weighted by Gasteiger charge is -2.37. The van der Waals surface area contributed by atoms with Crippen LogP contribution in [-0.2, 0) is 32.1 Å². The van der Waals surface area contributed by atoms with Gasteiger partial charge in [0.1, 0.15) is 23.9 Å². The van der Waals surface area contributed by atoms with Gasteiger partial charge in [-0.2, -0.15) is 0 Å². The largest absolute Gasteiger partial charge is 0.483 e. The van der Waals surface area contributed by atoms with E-state index in [1.165, 1.54) is 6.33 Å². The lowest BCUT2D eigenvalue weighted by atomic mass is 9.79. The fourth-order valence-corrected chi connectivity index (χ4v) is 7.92. The molecular formula is C45H61N7O7.